The van der Waals surface area contributed by atoms with Crippen molar-refractivity contribution in [1.82, 2.24) is 4.90 Å². The molecule has 1 saturated carbocycles. The summed E-state index contributed by atoms with van der Waals surface area (Å²) in [5, 5.41) is 0. The van der Waals surface area contributed by atoms with Crippen LogP contribution >= 0.6 is 0 Å². The predicted octanol–water partition coefficient (Wildman–Crippen LogP) is 3.64. The summed E-state index contributed by atoms with van der Waals surface area (Å²) < 4.78 is 44.9. The standard InChI is InChI=1S/C21H36FNO6/c1-9-13(22)15-16-14(27-19(5,25-7)20(6,26-8)28-16)12-23(21(15)10-11-21)17(24)29-18(2,3)4/h13-16H,9-12H2,1-8H3/t13?,14-,15-,16+,19+,20+/m1/s1. The number of rotatable bonds is 4. The normalized spacial score (nSPS) is 39.8. The van der Waals surface area contributed by atoms with Gasteiger partial charge in [0, 0.05) is 20.1 Å². The van der Waals surface area contributed by atoms with Gasteiger partial charge in [0.05, 0.1) is 18.2 Å². The number of hydrogen-bond donors (Lipinski definition) is 0. The fraction of sp³-hybridized carbons (Fsp3) is 0.952. The lowest BCUT2D eigenvalue weighted by Crippen LogP contribution is -2.74. The van der Waals surface area contributed by atoms with E-state index in [0.717, 1.165) is 12.8 Å². The molecule has 29 heavy (non-hydrogen) atoms. The number of ether oxygens (including phenoxy) is 5. The quantitative estimate of drug-likeness (QED) is 0.696. The van der Waals surface area contributed by atoms with Crippen molar-refractivity contribution in [2.24, 2.45) is 5.92 Å². The third-order valence-corrected chi connectivity index (χ3v) is 6.74. The SMILES string of the molecule is CCC(F)[C@@H]1[C@H]2O[C@](C)(OC)[C@@](C)(OC)O[C@@H]2CN(C(=O)OC(C)(C)C)C12CC2. The number of carbonyl (C=O) groups is 1. The zero-order valence-corrected chi connectivity index (χ0v) is 18.9. The van der Waals surface area contributed by atoms with Crippen LogP contribution in [0.2, 0.25) is 0 Å². The van der Waals surface area contributed by atoms with E-state index >= 15 is 4.39 Å². The maximum Gasteiger partial charge on any atom is 0.410 e. The molecule has 0 bridgehead atoms. The Morgan fingerprint density at radius 2 is 1.72 bits per heavy atom. The highest BCUT2D eigenvalue weighted by molar-refractivity contribution is 5.70. The number of carbonyl (C=O) groups excluding carboxylic acids is 1. The minimum atomic E-state index is -1.21. The number of nitrogens with zero attached hydrogens (tertiary/aromatic N) is 1. The molecular weight excluding hydrogens is 381 g/mol. The highest BCUT2D eigenvalue weighted by Gasteiger charge is 2.69. The Labute approximate surface area is 173 Å². The molecule has 3 fully saturated rings. The predicted molar refractivity (Wildman–Crippen MR) is 104 cm³/mol. The number of piperidine rings is 1. The van der Waals surface area contributed by atoms with Gasteiger partial charge in [-0.15, -0.1) is 0 Å². The third-order valence-electron chi connectivity index (χ3n) is 6.74. The molecular formula is C21H36FNO6. The summed E-state index contributed by atoms with van der Waals surface area (Å²) in [6.07, 6.45) is -0.941. The van der Waals surface area contributed by atoms with Gasteiger partial charge in [-0.1, -0.05) is 6.92 Å². The first-order valence-corrected chi connectivity index (χ1v) is 10.5. The summed E-state index contributed by atoms with van der Waals surface area (Å²) in [7, 11) is 3.03. The van der Waals surface area contributed by atoms with Crippen molar-refractivity contribution in [1.29, 1.82) is 0 Å². The summed E-state index contributed by atoms with van der Waals surface area (Å²) >= 11 is 0. The van der Waals surface area contributed by atoms with Gasteiger partial charge in [-0.25, -0.2) is 9.18 Å². The van der Waals surface area contributed by atoms with Crippen molar-refractivity contribution < 1.29 is 32.9 Å². The maximum atomic E-state index is 15.3. The summed E-state index contributed by atoms with van der Waals surface area (Å²) in [6.45, 7) is 11.0. The van der Waals surface area contributed by atoms with Crippen molar-refractivity contribution in [3.8, 4) is 0 Å². The van der Waals surface area contributed by atoms with E-state index in [2.05, 4.69) is 0 Å². The van der Waals surface area contributed by atoms with Crippen molar-refractivity contribution >= 4 is 6.09 Å². The summed E-state index contributed by atoms with van der Waals surface area (Å²) in [4.78, 5) is 14.7. The topological polar surface area (TPSA) is 66.5 Å². The molecule has 0 aromatic rings. The molecule has 3 aliphatic rings. The Morgan fingerprint density at radius 3 is 2.17 bits per heavy atom. The van der Waals surface area contributed by atoms with Crippen molar-refractivity contribution in [2.75, 3.05) is 20.8 Å². The van der Waals surface area contributed by atoms with Crippen LogP contribution < -0.4 is 0 Å². The first kappa shape index (κ1) is 22.7. The smallest absolute Gasteiger partial charge is 0.410 e. The Bertz CT molecular complexity index is 635. The van der Waals surface area contributed by atoms with E-state index in [1.54, 1.807) is 25.7 Å². The number of halogens is 1. The van der Waals surface area contributed by atoms with Crippen LogP contribution in [-0.4, -0.2) is 72.9 Å². The Kier molecular flexibility index (Phi) is 5.74. The zero-order chi connectivity index (χ0) is 21.8. The average molecular weight is 418 g/mol. The lowest BCUT2D eigenvalue weighted by atomic mass is 9.77. The molecule has 2 aliphatic heterocycles. The van der Waals surface area contributed by atoms with Crippen LogP contribution in [0.4, 0.5) is 9.18 Å². The third kappa shape index (κ3) is 3.66. The molecule has 1 amide bonds. The molecule has 0 N–H and O–H groups in total. The maximum absolute atomic E-state index is 15.3. The van der Waals surface area contributed by atoms with Crippen LogP contribution in [0.15, 0.2) is 0 Å². The number of amides is 1. The molecule has 6 atom stereocenters. The molecule has 2 heterocycles. The van der Waals surface area contributed by atoms with Crippen LogP contribution in [0.1, 0.15) is 60.8 Å². The second-order valence-corrected chi connectivity index (χ2v) is 9.68. The number of likely N-dealkylation sites (tertiary alicyclic amines) is 1. The van der Waals surface area contributed by atoms with Gasteiger partial charge in [0.1, 0.15) is 17.9 Å². The van der Waals surface area contributed by atoms with Gasteiger partial charge in [-0.3, -0.25) is 4.90 Å². The molecule has 168 valence electrons. The number of alkyl halides is 1. The molecule has 1 spiro atoms. The molecule has 1 aliphatic carbocycles. The van der Waals surface area contributed by atoms with Crippen molar-refractivity contribution in [2.45, 2.75) is 102 Å². The highest BCUT2D eigenvalue weighted by Crippen LogP contribution is 2.58. The van der Waals surface area contributed by atoms with Crippen LogP contribution in [0, 0.1) is 5.92 Å². The summed E-state index contributed by atoms with van der Waals surface area (Å²) in [6, 6.07) is 0. The van der Waals surface area contributed by atoms with E-state index in [0.29, 0.717) is 6.42 Å². The fourth-order valence-electron chi connectivity index (χ4n) is 4.77. The number of fused-ring (bicyclic) bond motifs is 1. The first-order chi connectivity index (χ1) is 13.4. The van der Waals surface area contributed by atoms with Gasteiger partial charge in [-0.2, -0.15) is 0 Å². The largest absolute Gasteiger partial charge is 0.444 e. The van der Waals surface area contributed by atoms with E-state index in [1.807, 2.05) is 20.8 Å². The fourth-order valence-corrected chi connectivity index (χ4v) is 4.77. The Balaban J connectivity index is 1.99. The number of methoxy groups -OCH3 is 2. The first-order valence-electron chi connectivity index (χ1n) is 10.5. The summed E-state index contributed by atoms with van der Waals surface area (Å²) in [5.41, 5.74) is -1.25. The van der Waals surface area contributed by atoms with Crippen LogP contribution in [0.25, 0.3) is 0 Å². The zero-order valence-electron chi connectivity index (χ0n) is 18.9. The van der Waals surface area contributed by atoms with Gasteiger partial charge in [-0.05, 0) is 53.9 Å². The molecule has 8 heteroatoms. The number of hydrogen-bond acceptors (Lipinski definition) is 6. The molecule has 2 saturated heterocycles. The van der Waals surface area contributed by atoms with Gasteiger partial charge >= 0.3 is 6.09 Å². The van der Waals surface area contributed by atoms with E-state index in [4.69, 9.17) is 23.7 Å². The van der Waals surface area contributed by atoms with Crippen LogP contribution in [-0.2, 0) is 23.7 Å². The molecule has 7 nitrogen and oxygen atoms in total. The second kappa shape index (κ2) is 7.32. The summed E-state index contributed by atoms with van der Waals surface area (Å²) in [5.74, 6) is -2.95. The van der Waals surface area contributed by atoms with Gasteiger partial charge in [0.15, 0.2) is 0 Å². The monoisotopic (exact) mass is 417 g/mol. The van der Waals surface area contributed by atoms with E-state index in [-0.39, 0.29) is 6.54 Å². The van der Waals surface area contributed by atoms with E-state index in [1.165, 1.54) is 14.2 Å². The van der Waals surface area contributed by atoms with E-state index in [9.17, 15) is 4.79 Å². The van der Waals surface area contributed by atoms with E-state index < -0.39 is 53.1 Å². The molecule has 1 unspecified atom stereocenters. The van der Waals surface area contributed by atoms with Crippen LogP contribution in [0.5, 0.6) is 0 Å². The average Bonchev–Trinajstić information content (AvgIpc) is 3.41. The lowest BCUT2D eigenvalue weighted by Gasteiger charge is -2.59. The lowest BCUT2D eigenvalue weighted by molar-refractivity contribution is -0.460. The minimum Gasteiger partial charge on any atom is -0.444 e. The second-order valence-electron chi connectivity index (χ2n) is 9.68. The van der Waals surface area contributed by atoms with Gasteiger partial charge in [0.25, 0.3) is 0 Å². The van der Waals surface area contributed by atoms with Crippen LogP contribution in [0.3, 0.4) is 0 Å². The molecule has 0 aromatic carbocycles. The van der Waals surface area contributed by atoms with Crippen molar-refractivity contribution in [3.05, 3.63) is 0 Å². The minimum absolute atomic E-state index is 0.255. The van der Waals surface area contributed by atoms with Crippen molar-refractivity contribution in [3.63, 3.8) is 0 Å². The molecule has 0 radical (unpaired) electrons. The Morgan fingerprint density at radius 1 is 1.17 bits per heavy atom. The highest BCUT2D eigenvalue weighted by atomic mass is 19.1. The molecule has 0 aromatic heterocycles. The van der Waals surface area contributed by atoms with Gasteiger partial charge < -0.3 is 23.7 Å². The molecule has 3 rings (SSSR count). The Hall–Kier alpha value is -0.960. The van der Waals surface area contributed by atoms with Gasteiger partial charge in [0.2, 0.25) is 11.6 Å².